The van der Waals surface area contributed by atoms with Crippen LogP contribution in [0.3, 0.4) is 0 Å². The first kappa shape index (κ1) is 17.2. The molecule has 0 aliphatic carbocycles. The first-order valence-corrected chi connectivity index (χ1v) is 7.16. The van der Waals surface area contributed by atoms with Gasteiger partial charge in [-0.05, 0) is 26.7 Å². The molecule has 2 rings (SSSR count). The van der Waals surface area contributed by atoms with Crippen LogP contribution in [0.1, 0.15) is 44.0 Å². The van der Waals surface area contributed by atoms with Crippen molar-refractivity contribution in [2.24, 2.45) is 10.7 Å². The van der Waals surface area contributed by atoms with E-state index in [1.807, 2.05) is 13.8 Å². The Bertz CT molecular complexity index is 434. The van der Waals surface area contributed by atoms with Crippen LogP contribution >= 0.6 is 24.0 Å². The van der Waals surface area contributed by atoms with Crippen molar-refractivity contribution in [2.75, 3.05) is 13.1 Å². The molecule has 1 aliphatic rings. The molecule has 20 heavy (non-hydrogen) atoms. The van der Waals surface area contributed by atoms with Crippen molar-refractivity contribution in [2.45, 2.75) is 52.6 Å². The lowest BCUT2D eigenvalue weighted by molar-refractivity contribution is 0.428. The van der Waals surface area contributed by atoms with Gasteiger partial charge < -0.3 is 10.6 Å². The second kappa shape index (κ2) is 8.43. The van der Waals surface area contributed by atoms with E-state index < -0.39 is 0 Å². The fourth-order valence-corrected chi connectivity index (χ4v) is 2.31. The van der Waals surface area contributed by atoms with Crippen molar-refractivity contribution in [1.29, 1.82) is 0 Å². The SMILES string of the molecule is CCn1nc(C)c(CN=C(N)N2CCCCCC2)n1.I. The molecule has 1 fully saturated rings. The van der Waals surface area contributed by atoms with E-state index in [1.54, 1.807) is 4.80 Å². The number of rotatable bonds is 3. The second-order valence-corrected chi connectivity index (χ2v) is 5.00. The lowest BCUT2D eigenvalue weighted by Crippen LogP contribution is -2.38. The van der Waals surface area contributed by atoms with Crippen molar-refractivity contribution < 1.29 is 0 Å². The van der Waals surface area contributed by atoms with E-state index in [9.17, 15) is 0 Å². The van der Waals surface area contributed by atoms with Gasteiger partial charge >= 0.3 is 0 Å². The number of nitrogens with zero attached hydrogens (tertiary/aromatic N) is 5. The third-order valence-corrected chi connectivity index (χ3v) is 3.52. The van der Waals surface area contributed by atoms with Gasteiger partial charge in [0.05, 0.1) is 18.8 Å². The van der Waals surface area contributed by atoms with Gasteiger partial charge in [0.25, 0.3) is 0 Å². The van der Waals surface area contributed by atoms with Crippen molar-refractivity contribution >= 4 is 29.9 Å². The maximum atomic E-state index is 6.08. The molecule has 0 spiro atoms. The molecule has 6 nitrogen and oxygen atoms in total. The number of halogens is 1. The maximum absolute atomic E-state index is 6.08. The Morgan fingerprint density at radius 2 is 1.85 bits per heavy atom. The highest BCUT2D eigenvalue weighted by atomic mass is 127. The lowest BCUT2D eigenvalue weighted by atomic mass is 10.2. The normalized spacial score (nSPS) is 16.7. The van der Waals surface area contributed by atoms with Crippen LogP contribution in [0.2, 0.25) is 0 Å². The number of hydrogen-bond acceptors (Lipinski definition) is 3. The van der Waals surface area contributed by atoms with Crippen molar-refractivity contribution in [3.05, 3.63) is 11.4 Å². The zero-order valence-corrected chi connectivity index (χ0v) is 14.7. The van der Waals surface area contributed by atoms with Crippen LogP contribution in [0.4, 0.5) is 0 Å². The van der Waals surface area contributed by atoms with Crippen LogP contribution in [-0.2, 0) is 13.1 Å². The van der Waals surface area contributed by atoms with Gasteiger partial charge in [-0.1, -0.05) is 12.8 Å². The Morgan fingerprint density at radius 3 is 2.40 bits per heavy atom. The summed E-state index contributed by atoms with van der Waals surface area (Å²) >= 11 is 0. The van der Waals surface area contributed by atoms with E-state index in [4.69, 9.17) is 5.73 Å². The van der Waals surface area contributed by atoms with Crippen LogP contribution < -0.4 is 5.73 Å². The van der Waals surface area contributed by atoms with E-state index >= 15 is 0 Å². The average molecular weight is 392 g/mol. The fourth-order valence-electron chi connectivity index (χ4n) is 2.31. The van der Waals surface area contributed by atoms with Gasteiger partial charge in [-0.3, -0.25) is 0 Å². The molecule has 0 amide bonds. The lowest BCUT2D eigenvalue weighted by Gasteiger charge is -2.20. The Hall–Kier alpha value is -0.860. The summed E-state index contributed by atoms with van der Waals surface area (Å²) in [6.07, 6.45) is 5.02. The fraction of sp³-hybridized carbons (Fsp3) is 0.769. The number of aliphatic imine (C=N–C) groups is 1. The molecular weight excluding hydrogens is 367 g/mol. The molecule has 0 radical (unpaired) electrons. The minimum atomic E-state index is 0. The van der Waals surface area contributed by atoms with E-state index in [1.165, 1.54) is 25.7 Å². The monoisotopic (exact) mass is 392 g/mol. The molecule has 0 bridgehead atoms. The molecule has 0 unspecified atom stereocenters. The zero-order valence-electron chi connectivity index (χ0n) is 12.4. The van der Waals surface area contributed by atoms with Gasteiger partial charge in [0.2, 0.25) is 0 Å². The molecule has 1 aliphatic heterocycles. The second-order valence-electron chi connectivity index (χ2n) is 5.00. The third-order valence-electron chi connectivity index (χ3n) is 3.52. The van der Waals surface area contributed by atoms with Crippen molar-refractivity contribution in [3.63, 3.8) is 0 Å². The van der Waals surface area contributed by atoms with Gasteiger partial charge in [0.1, 0.15) is 5.69 Å². The molecule has 1 aromatic rings. The minimum Gasteiger partial charge on any atom is -0.370 e. The summed E-state index contributed by atoms with van der Waals surface area (Å²) < 4.78 is 0. The van der Waals surface area contributed by atoms with Gasteiger partial charge in [0, 0.05) is 13.1 Å². The summed E-state index contributed by atoms with van der Waals surface area (Å²) in [5.74, 6) is 0.646. The standard InChI is InChI=1S/C13H24N6.HI/c1-3-19-16-11(2)12(17-19)10-15-13(14)18-8-6-4-5-7-9-18;/h3-10H2,1-2H3,(H2,14,15);1H. The summed E-state index contributed by atoms with van der Waals surface area (Å²) in [5.41, 5.74) is 7.93. The molecule has 2 heterocycles. The Morgan fingerprint density at radius 1 is 1.20 bits per heavy atom. The number of likely N-dealkylation sites (tertiary alicyclic amines) is 1. The highest BCUT2D eigenvalue weighted by Gasteiger charge is 2.11. The summed E-state index contributed by atoms with van der Waals surface area (Å²) in [7, 11) is 0. The maximum Gasteiger partial charge on any atom is 0.191 e. The highest BCUT2D eigenvalue weighted by molar-refractivity contribution is 14.0. The van der Waals surface area contributed by atoms with Crippen LogP contribution in [-0.4, -0.2) is 38.9 Å². The minimum absolute atomic E-state index is 0. The van der Waals surface area contributed by atoms with Gasteiger partial charge in [-0.15, -0.1) is 24.0 Å². The Balaban J connectivity index is 0.00000200. The third kappa shape index (κ3) is 4.60. The number of aromatic nitrogens is 3. The average Bonchev–Trinajstić information content (AvgIpc) is 2.63. The molecule has 0 atom stereocenters. The van der Waals surface area contributed by atoms with Crippen LogP contribution in [0.5, 0.6) is 0 Å². The Labute approximate surface area is 137 Å². The van der Waals surface area contributed by atoms with Gasteiger partial charge in [-0.2, -0.15) is 15.0 Å². The van der Waals surface area contributed by atoms with E-state index in [2.05, 4.69) is 20.1 Å². The predicted molar refractivity (Wildman–Crippen MR) is 91.2 cm³/mol. The molecule has 0 saturated carbocycles. The van der Waals surface area contributed by atoms with Gasteiger partial charge in [-0.25, -0.2) is 4.99 Å². The first-order valence-electron chi connectivity index (χ1n) is 7.16. The molecular formula is C13H25IN6. The summed E-state index contributed by atoms with van der Waals surface area (Å²) in [6.45, 7) is 7.34. The van der Waals surface area contributed by atoms with Crippen molar-refractivity contribution in [3.8, 4) is 0 Å². The largest absolute Gasteiger partial charge is 0.370 e. The topological polar surface area (TPSA) is 72.3 Å². The summed E-state index contributed by atoms with van der Waals surface area (Å²) in [4.78, 5) is 8.36. The van der Waals surface area contributed by atoms with Crippen LogP contribution in [0.15, 0.2) is 4.99 Å². The molecule has 1 aromatic heterocycles. The predicted octanol–water partition coefficient (Wildman–Crippen LogP) is 1.92. The number of guanidine groups is 1. The Kier molecular flexibility index (Phi) is 7.25. The summed E-state index contributed by atoms with van der Waals surface area (Å²) in [5, 5.41) is 8.70. The molecule has 2 N–H and O–H groups in total. The smallest absolute Gasteiger partial charge is 0.191 e. The highest BCUT2D eigenvalue weighted by Crippen LogP contribution is 2.10. The molecule has 7 heteroatoms. The molecule has 1 saturated heterocycles. The number of nitrogens with two attached hydrogens (primary N) is 1. The van der Waals surface area contributed by atoms with E-state index in [0.717, 1.165) is 31.0 Å². The first-order chi connectivity index (χ1) is 9.20. The van der Waals surface area contributed by atoms with Crippen molar-refractivity contribution in [1.82, 2.24) is 19.9 Å². The number of aryl methyl sites for hydroxylation is 2. The van der Waals surface area contributed by atoms with E-state index in [0.29, 0.717) is 12.5 Å². The quantitative estimate of drug-likeness (QED) is 0.485. The van der Waals surface area contributed by atoms with E-state index in [-0.39, 0.29) is 24.0 Å². The molecule has 0 aromatic carbocycles. The van der Waals surface area contributed by atoms with Crippen LogP contribution in [0.25, 0.3) is 0 Å². The van der Waals surface area contributed by atoms with Crippen LogP contribution in [0, 0.1) is 6.92 Å². The summed E-state index contributed by atoms with van der Waals surface area (Å²) in [6, 6.07) is 0. The zero-order chi connectivity index (χ0) is 13.7. The molecule has 114 valence electrons. The van der Waals surface area contributed by atoms with Gasteiger partial charge in [0.15, 0.2) is 5.96 Å². The number of hydrogen-bond donors (Lipinski definition) is 1.